The van der Waals surface area contributed by atoms with Crippen molar-refractivity contribution in [3.63, 3.8) is 0 Å². The lowest BCUT2D eigenvalue weighted by Crippen LogP contribution is -2.37. The van der Waals surface area contributed by atoms with Gasteiger partial charge in [0.05, 0.1) is 55.7 Å². The minimum Gasteiger partial charge on any atom is -0.378 e. The minimum absolute atomic E-state index is 0.174. The van der Waals surface area contributed by atoms with E-state index in [-0.39, 0.29) is 17.7 Å². The first-order valence-corrected chi connectivity index (χ1v) is 18.0. The molecule has 2 fully saturated rings. The standard InChI is InChI=1S/C34H41F2N7O4S/c1-3-41(4-2)30-10-9-24(23-37-30)33-38-32-27(34(39-33)43-14-18-47-19-15-43)21-25(22-29(32)42-12-16-46-17-13-42)26-7-5-8-28(31(26)36)40-48(44,45)20-6-11-35/h5,7-10,21-23,40H,3-4,6,11-20H2,1-2H3. The van der Waals surface area contributed by atoms with Gasteiger partial charge >= 0.3 is 0 Å². The van der Waals surface area contributed by atoms with Crippen LogP contribution in [-0.4, -0.2) is 101 Å². The van der Waals surface area contributed by atoms with Crippen LogP contribution in [0.5, 0.6) is 0 Å². The van der Waals surface area contributed by atoms with Crippen molar-refractivity contribution in [2.45, 2.75) is 20.3 Å². The number of benzene rings is 2. The van der Waals surface area contributed by atoms with Crippen LogP contribution in [0.15, 0.2) is 48.7 Å². The molecule has 0 radical (unpaired) electrons. The number of ether oxygens (including phenoxy) is 2. The highest BCUT2D eigenvalue weighted by Gasteiger charge is 2.25. The van der Waals surface area contributed by atoms with Crippen molar-refractivity contribution < 1.29 is 26.7 Å². The molecule has 4 heterocycles. The first kappa shape index (κ1) is 33.7. The van der Waals surface area contributed by atoms with E-state index in [0.717, 1.165) is 35.5 Å². The molecular formula is C34H41F2N7O4S. The summed E-state index contributed by atoms with van der Waals surface area (Å²) in [5, 5.41) is 0.737. The first-order valence-electron chi connectivity index (χ1n) is 16.4. The first-order chi connectivity index (χ1) is 23.3. The molecule has 0 aliphatic carbocycles. The molecule has 256 valence electrons. The fourth-order valence-corrected chi connectivity index (χ4v) is 7.18. The number of nitrogens with zero attached hydrogens (tertiary/aromatic N) is 6. The molecule has 14 heteroatoms. The maximum absolute atomic E-state index is 16.2. The topological polar surface area (TPSA) is 113 Å². The number of fused-ring (bicyclic) bond motifs is 1. The molecule has 6 rings (SSSR count). The number of pyridine rings is 1. The van der Waals surface area contributed by atoms with Crippen molar-refractivity contribution >= 4 is 43.9 Å². The van der Waals surface area contributed by atoms with Crippen LogP contribution in [-0.2, 0) is 19.5 Å². The second-order valence-electron chi connectivity index (χ2n) is 11.7. The van der Waals surface area contributed by atoms with Crippen LogP contribution in [0.2, 0.25) is 0 Å². The molecule has 0 spiro atoms. The number of morpholine rings is 2. The molecule has 0 bridgehead atoms. The van der Waals surface area contributed by atoms with Gasteiger partial charge < -0.3 is 24.2 Å². The van der Waals surface area contributed by atoms with Gasteiger partial charge in [0.15, 0.2) is 11.6 Å². The second kappa shape index (κ2) is 15.0. The van der Waals surface area contributed by atoms with Crippen molar-refractivity contribution in [1.82, 2.24) is 15.0 Å². The van der Waals surface area contributed by atoms with Crippen molar-refractivity contribution in [2.24, 2.45) is 0 Å². The monoisotopic (exact) mass is 681 g/mol. The maximum Gasteiger partial charge on any atom is 0.232 e. The Kier molecular flexibility index (Phi) is 10.5. The molecule has 2 aromatic heterocycles. The van der Waals surface area contributed by atoms with E-state index in [4.69, 9.17) is 24.4 Å². The van der Waals surface area contributed by atoms with Crippen LogP contribution in [0.1, 0.15) is 20.3 Å². The molecule has 2 aliphatic heterocycles. The zero-order chi connectivity index (χ0) is 33.7. The molecule has 2 saturated heterocycles. The number of nitrogens with one attached hydrogen (secondary N) is 1. The predicted molar refractivity (Wildman–Crippen MR) is 186 cm³/mol. The third kappa shape index (κ3) is 7.30. The molecule has 2 aromatic carbocycles. The quantitative estimate of drug-likeness (QED) is 0.216. The van der Waals surface area contributed by atoms with Crippen LogP contribution < -0.4 is 19.4 Å². The molecule has 2 aliphatic rings. The number of halogens is 2. The number of rotatable bonds is 12. The Bertz CT molecular complexity index is 1830. The summed E-state index contributed by atoms with van der Waals surface area (Å²) in [7, 11) is -3.94. The Balaban J connectivity index is 1.53. The highest BCUT2D eigenvalue weighted by Crippen LogP contribution is 2.40. The average molecular weight is 682 g/mol. The Labute approximate surface area is 279 Å². The third-order valence-electron chi connectivity index (χ3n) is 8.64. The molecular weight excluding hydrogens is 640 g/mol. The van der Waals surface area contributed by atoms with E-state index in [0.29, 0.717) is 75.3 Å². The molecule has 1 N–H and O–H groups in total. The van der Waals surface area contributed by atoms with Gasteiger partial charge in [-0.3, -0.25) is 9.11 Å². The summed E-state index contributed by atoms with van der Waals surface area (Å²) in [6, 6.07) is 12.3. The van der Waals surface area contributed by atoms with Gasteiger partial charge in [0, 0.05) is 62.0 Å². The Morgan fingerprint density at radius 2 is 1.62 bits per heavy atom. The van der Waals surface area contributed by atoms with Gasteiger partial charge in [-0.15, -0.1) is 0 Å². The van der Waals surface area contributed by atoms with E-state index in [1.54, 1.807) is 18.3 Å². The lowest BCUT2D eigenvalue weighted by atomic mass is 9.99. The van der Waals surface area contributed by atoms with Gasteiger partial charge in [-0.1, -0.05) is 12.1 Å². The van der Waals surface area contributed by atoms with Crippen LogP contribution in [0.25, 0.3) is 33.4 Å². The summed E-state index contributed by atoms with van der Waals surface area (Å²) >= 11 is 0. The fraction of sp³-hybridized carbons (Fsp3) is 0.441. The normalized spacial score (nSPS) is 15.6. The Morgan fingerprint density at radius 1 is 0.917 bits per heavy atom. The number of aromatic nitrogens is 3. The zero-order valence-corrected chi connectivity index (χ0v) is 28.1. The van der Waals surface area contributed by atoms with Gasteiger partial charge in [-0.05, 0) is 56.2 Å². The summed E-state index contributed by atoms with van der Waals surface area (Å²) in [4.78, 5) is 21.4. The second-order valence-corrected chi connectivity index (χ2v) is 13.5. The van der Waals surface area contributed by atoms with Gasteiger partial charge in [0.1, 0.15) is 11.6 Å². The predicted octanol–water partition coefficient (Wildman–Crippen LogP) is 5.12. The number of hydrogen-bond acceptors (Lipinski definition) is 10. The third-order valence-corrected chi connectivity index (χ3v) is 10.00. The number of alkyl halides is 1. The van der Waals surface area contributed by atoms with Crippen molar-refractivity contribution in [1.29, 1.82) is 0 Å². The van der Waals surface area contributed by atoms with E-state index < -0.39 is 28.3 Å². The molecule has 0 atom stereocenters. The summed E-state index contributed by atoms with van der Waals surface area (Å²) in [6.45, 7) is 9.69. The van der Waals surface area contributed by atoms with Crippen LogP contribution >= 0.6 is 0 Å². The lowest BCUT2D eigenvalue weighted by molar-refractivity contribution is 0.122. The van der Waals surface area contributed by atoms with Gasteiger partial charge in [-0.2, -0.15) is 0 Å². The maximum atomic E-state index is 16.2. The highest BCUT2D eigenvalue weighted by atomic mass is 32.2. The summed E-state index contributed by atoms with van der Waals surface area (Å²) in [6.07, 6.45) is 1.63. The van der Waals surface area contributed by atoms with Crippen LogP contribution in [0, 0.1) is 5.82 Å². The number of sulfonamides is 1. The summed E-state index contributed by atoms with van der Waals surface area (Å²) < 4.78 is 67.6. The Hall–Kier alpha value is -4.14. The minimum atomic E-state index is -3.94. The van der Waals surface area contributed by atoms with E-state index in [1.807, 2.05) is 24.3 Å². The number of anilines is 4. The van der Waals surface area contributed by atoms with Gasteiger partial charge in [0.2, 0.25) is 10.0 Å². The molecule has 0 saturated carbocycles. The highest BCUT2D eigenvalue weighted by molar-refractivity contribution is 7.92. The van der Waals surface area contributed by atoms with E-state index in [9.17, 15) is 12.8 Å². The van der Waals surface area contributed by atoms with E-state index in [1.165, 1.54) is 6.07 Å². The molecule has 4 aromatic rings. The molecule has 11 nitrogen and oxygen atoms in total. The smallest absolute Gasteiger partial charge is 0.232 e. The average Bonchev–Trinajstić information content (AvgIpc) is 3.12. The van der Waals surface area contributed by atoms with Crippen LogP contribution in [0.3, 0.4) is 0 Å². The Morgan fingerprint density at radius 3 is 2.27 bits per heavy atom. The lowest BCUT2D eigenvalue weighted by Gasteiger charge is -2.32. The summed E-state index contributed by atoms with van der Waals surface area (Å²) in [5.41, 5.74) is 2.85. The SMILES string of the molecule is CCN(CC)c1ccc(-c2nc(N3CCOCC3)c3cc(-c4cccc(NS(=O)(=O)CCCF)c4F)cc(N4CCOCC4)c3n2)cn1. The van der Waals surface area contributed by atoms with Crippen molar-refractivity contribution in [2.75, 3.05) is 97.5 Å². The zero-order valence-electron chi connectivity index (χ0n) is 27.3. The van der Waals surface area contributed by atoms with E-state index in [2.05, 4.69) is 33.3 Å². The fourth-order valence-electron chi connectivity index (χ4n) is 6.09. The molecule has 48 heavy (non-hydrogen) atoms. The number of hydrogen-bond donors (Lipinski definition) is 1. The molecule has 0 unspecified atom stereocenters. The van der Waals surface area contributed by atoms with E-state index >= 15 is 4.39 Å². The van der Waals surface area contributed by atoms with Crippen molar-refractivity contribution in [3.8, 4) is 22.5 Å². The molecule has 0 amide bonds. The summed E-state index contributed by atoms with van der Waals surface area (Å²) in [5.74, 6) is 0.941. The van der Waals surface area contributed by atoms with Gasteiger partial charge in [0.25, 0.3) is 0 Å². The van der Waals surface area contributed by atoms with Crippen molar-refractivity contribution in [3.05, 3.63) is 54.5 Å². The largest absolute Gasteiger partial charge is 0.378 e. The van der Waals surface area contributed by atoms with Crippen LogP contribution in [0.4, 0.5) is 31.8 Å². The van der Waals surface area contributed by atoms with Gasteiger partial charge in [-0.25, -0.2) is 27.8 Å².